The van der Waals surface area contributed by atoms with Gasteiger partial charge in [0, 0.05) is 23.1 Å². The molecule has 0 aromatic heterocycles. The lowest BCUT2D eigenvalue weighted by Gasteiger charge is -2.22. The molecule has 0 aliphatic rings. The van der Waals surface area contributed by atoms with Crippen LogP contribution in [-0.2, 0) is 0 Å². The predicted octanol–water partition coefficient (Wildman–Crippen LogP) is 7.78. The Balaban J connectivity index is 1.87. The van der Waals surface area contributed by atoms with Gasteiger partial charge in [-0.1, -0.05) is 76.5 Å². The molecule has 0 amide bonds. The van der Waals surface area contributed by atoms with Crippen molar-refractivity contribution in [1.82, 2.24) is 4.90 Å². The number of hydrogen-bond acceptors (Lipinski definition) is 3. The molecular weight excluding hydrogens is 487 g/mol. The van der Waals surface area contributed by atoms with Crippen LogP contribution in [0.25, 0.3) is 0 Å². The van der Waals surface area contributed by atoms with Crippen LogP contribution < -0.4 is 9.47 Å². The van der Waals surface area contributed by atoms with Gasteiger partial charge in [0.2, 0.25) is 0 Å². The van der Waals surface area contributed by atoms with Crippen LogP contribution in [0.2, 0.25) is 30.1 Å². The summed E-state index contributed by atoms with van der Waals surface area (Å²) in [4.78, 5) is 2.20. The molecule has 154 valence electrons. The molecule has 28 heavy (non-hydrogen) atoms. The fraction of sp³-hybridized carbons (Fsp3) is 0.368. The van der Waals surface area contributed by atoms with Crippen molar-refractivity contribution in [3.8, 4) is 11.5 Å². The molecular formula is C19H19Cl6NO2. The molecule has 0 heterocycles. The first-order valence-electron chi connectivity index (χ1n) is 8.58. The van der Waals surface area contributed by atoms with Crippen LogP contribution in [0.3, 0.4) is 0 Å². The van der Waals surface area contributed by atoms with Crippen molar-refractivity contribution in [2.75, 3.05) is 32.8 Å². The smallest absolute Gasteiger partial charge is 0.156 e. The standard InChI is InChI=1S/C19H19Cl6NO2/c1-2-3-26(4-6-27-18-14(22)8-12(20)9-15(18)23)5-7-28-19-16(24)10-13(21)11-17(19)25/h8-11H,2-7H2,1H3. The van der Waals surface area contributed by atoms with Gasteiger partial charge in [0.1, 0.15) is 13.2 Å². The third kappa shape index (κ3) is 7.21. The Labute approximate surface area is 195 Å². The Morgan fingerprint density at radius 2 is 1.00 bits per heavy atom. The second-order valence-electron chi connectivity index (χ2n) is 5.94. The summed E-state index contributed by atoms with van der Waals surface area (Å²) < 4.78 is 11.5. The summed E-state index contributed by atoms with van der Waals surface area (Å²) in [5, 5.41) is 2.47. The zero-order valence-electron chi connectivity index (χ0n) is 15.1. The summed E-state index contributed by atoms with van der Waals surface area (Å²) in [6.07, 6.45) is 0.991. The molecule has 2 aromatic carbocycles. The third-order valence-corrected chi connectivity index (χ3v) is 5.33. The second-order valence-corrected chi connectivity index (χ2v) is 8.44. The molecule has 0 atom stereocenters. The highest BCUT2D eigenvalue weighted by Gasteiger charge is 2.12. The molecule has 0 N–H and O–H groups in total. The van der Waals surface area contributed by atoms with E-state index in [-0.39, 0.29) is 0 Å². The minimum Gasteiger partial charge on any atom is -0.489 e. The monoisotopic (exact) mass is 503 g/mol. The van der Waals surface area contributed by atoms with Gasteiger partial charge in [0.15, 0.2) is 11.5 Å². The maximum atomic E-state index is 6.14. The Morgan fingerprint density at radius 1 is 0.643 bits per heavy atom. The lowest BCUT2D eigenvalue weighted by molar-refractivity contribution is 0.177. The van der Waals surface area contributed by atoms with E-state index in [0.717, 1.165) is 13.0 Å². The molecule has 0 fully saturated rings. The Hall–Kier alpha value is -0.260. The first-order chi connectivity index (χ1) is 13.3. The van der Waals surface area contributed by atoms with Crippen LogP contribution >= 0.6 is 69.6 Å². The predicted molar refractivity (Wildman–Crippen MR) is 121 cm³/mol. The second kappa shape index (κ2) is 11.8. The fourth-order valence-corrected chi connectivity index (χ4v) is 4.39. The lowest BCUT2D eigenvalue weighted by Crippen LogP contribution is -2.33. The number of benzene rings is 2. The van der Waals surface area contributed by atoms with Gasteiger partial charge in [-0.15, -0.1) is 0 Å². The summed E-state index contributed by atoms with van der Waals surface area (Å²) >= 11 is 36.4. The SMILES string of the molecule is CCCN(CCOc1c(Cl)cc(Cl)cc1Cl)CCOc1c(Cl)cc(Cl)cc1Cl. The lowest BCUT2D eigenvalue weighted by atomic mass is 10.3. The minimum absolute atomic E-state index is 0.384. The van der Waals surface area contributed by atoms with Crippen LogP contribution in [0.5, 0.6) is 11.5 Å². The van der Waals surface area contributed by atoms with Gasteiger partial charge in [-0.3, -0.25) is 4.90 Å². The van der Waals surface area contributed by atoms with Crippen molar-refractivity contribution < 1.29 is 9.47 Å². The summed E-state index contributed by atoms with van der Waals surface area (Å²) in [7, 11) is 0. The number of hydrogen-bond donors (Lipinski definition) is 0. The van der Waals surface area contributed by atoms with Crippen molar-refractivity contribution in [1.29, 1.82) is 0 Å². The quantitative estimate of drug-likeness (QED) is 0.329. The molecule has 0 radical (unpaired) electrons. The topological polar surface area (TPSA) is 21.7 Å². The van der Waals surface area contributed by atoms with E-state index in [4.69, 9.17) is 79.1 Å². The Kier molecular flexibility index (Phi) is 10.1. The largest absolute Gasteiger partial charge is 0.489 e. The first-order valence-corrected chi connectivity index (χ1v) is 10.9. The van der Waals surface area contributed by atoms with E-state index >= 15 is 0 Å². The summed E-state index contributed by atoms with van der Waals surface area (Å²) in [5.41, 5.74) is 0. The third-order valence-electron chi connectivity index (χ3n) is 3.77. The molecule has 2 aromatic rings. The molecule has 0 saturated carbocycles. The van der Waals surface area contributed by atoms with Crippen molar-refractivity contribution in [3.05, 3.63) is 54.4 Å². The number of ether oxygens (including phenoxy) is 2. The highest BCUT2D eigenvalue weighted by atomic mass is 35.5. The van der Waals surface area contributed by atoms with E-state index < -0.39 is 0 Å². The highest BCUT2D eigenvalue weighted by Crippen LogP contribution is 2.36. The molecule has 2 rings (SSSR count). The Bertz CT molecular complexity index is 692. The van der Waals surface area contributed by atoms with Gasteiger partial charge >= 0.3 is 0 Å². The fourth-order valence-electron chi connectivity index (χ4n) is 2.54. The van der Waals surface area contributed by atoms with Crippen molar-refractivity contribution >= 4 is 69.6 Å². The zero-order valence-corrected chi connectivity index (χ0v) is 19.6. The molecule has 0 spiro atoms. The van der Waals surface area contributed by atoms with Crippen molar-refractivity contribution in [2.45, 2.75) is 13.3 Å². The van der Waals surface area contributed by atoms with Gasteiger partial charge in [0.05, 0.1) is 20.1 Å². The van der Waals surface area contributed by atoms with Crippen LogP contribution in [-0.4, -0.2) is 37.7 Å². The minimum atomic E-state index is 0.384. The van der Waals surface area contributed by atoms with Gasteiger partial charge < -0.3 is 9.47 Å². The molecule has 3 nitrogen and oxygen atoms in total. The van der Waals surface area contributed by atoms with Crippen LogP contribution in [0, 0.1) is 0 Å². The molecule has 9 heteroatoms. The van der Waals surface area contributed by atoms with Gasteiger partial charge in [-0.2, -0.15) is 0 Å². The zero-order chi connectivity index (χ0) is 20.7. The maximum Gasteiger partial charge on any atom is 0.156 e. The summed E-state index contributed by atoms with van der Waals surface area (Å²) in [6.45, 7) is 5.18. The molecule has 0 saturated heterocycles. The van der Waals surface area contributed by atoms with Crippen LogP contribution in [0.4, 0.5) is 0 Å². The maximum absolute atomic E-state index is 6.14. The molecule has 0 unspecified atom stereocenters. The molecule has 0 bridgehead atoms. The van der Waals surface area contributed by atoms with E-state index in [1.165, 1.54) is 0 Å². The number of nitrogens with zero attached hydrogens (tertiary/aromatic N) is 1. The van der Waals surface area contributed by atoms with Crippen LogP contribution in [0.15, 0.2) is 24.3 Å². The Morgan fingerprint density at radius 3 is 1.32 bits per heavy atom. The first kappa shape index (κ1) is 24.0. The average molecular weight is 506 g/mol. The van der Waals surface area contributed by atoms with E-state index in [9.17, 15) is 0 Å². The van der Waals surface area contributed by atoms with Gasteiger partial charge in [0.25, 0.3) is 0 Å². The van der Waals surface area contributed by atoms with Crippen LogP contribution in [0.1, 0.15) is 13.3 Å². The summed E-state index contributed by atoms with van der Waals surface area (Å²) in [6, 6.07) is 6.40. The normalized spacial score (nSPS) is 11.1. The van der Waals surface area contributed by atoms with E-state index in [2.05, 4.69) is 11.8 Å². The van der Waals surface area contributed by atoms with E-state index in [0.29, 0.717) is 67.9 Å². The number of halogens is 6. The highest BCUT2D eigenvalue weighted by molar-refractivity contribution is 6.40. The average Bonchev–Trinajstić information content (AvgIpc) is 2.59. The van der Waals surface area contributed by atoms with Crippen molar-refractivity contribution in [3.63, 3.8) is 0 Å². The van der Waals surface area contributed by atoms with Crippen molar-refractivity contribution in [2.24, 2.45) is 0 Å². The van der Waals surface area contributed by atoms with E-state index in [1.807, 2.05) is 0 Å². The van der Waals surface area contributed by atoms with Gasteiger partial charge in [-0.25, -0.2) is 0 Å². The van der Waals surface area contributed by atoms with E-state index in [1.54, 1.807) is 24.3 Å². The van der Waals surface area contributed by atoms with Gasteiger partial charge in [-0.05, 0) is 37.2 Å². The summed E-state index contributed by atoms with van der Waals surface area (Å²) in [5.74, 6) is 0.861. The number of rotatable bonds is 10. The molecule has 0 aliphatic carbocycles. The molecule has 0 aliphatic heterocycles.